The third-order valence-electron chi connectivity index (χ3n) is 5.80. The first-order valence-electron chi connectivity index (χ1n) is 8.92. The van der Waals surface area contributed by atoms with Gasteiger partial charge in [-0.15, -0.1) is 0 Å². The van der Waals surface area contributed by atoms with Gasteiger partial charge in [0.1, 0.15) is 11.2 Å². The Bertz CT molecular complexity index is 1040. The van der Waals surface area contributed by atoms with Crippen LogP contribution in [0.25, 0.3) is 16.6 Å². The number of nitrogens with zero attached hydrogens (tertiary/aromatic N) is 2. The Kier molecular flexibility index (Phi) is 3.00. The van der Waals surface area contributed by atoms with Gasteiger partial charge in [-0.2, -0.15) is 5.10 Å². The molecule has 2 aliphatic heterocycles. The molecule has 0 atom stereocenters. The number of fused-ring (bicyclic) bond motifs is 2. The summed E-state index contributed by atoms with van der Waals surface area (Å²) in [6, 6.07) is 10.1. The van der Waals surface area contributed by atoms with Gasteiger partial charge < -0.3 is 14.0 Å². The fourth-order valence-corrected chi connectivity index (χ4v) is 3.57. The quantitative estimate of drug-likeness (QED) is 0.492. The molecule has 0 bridgehead atoms. The van der Waals surface area contributed by atoms with E-state index in [1.807, 2.05) is 35.1 Å². The Hall–Kier alpha value is -2.31. The number of hydrogen-bond acceptors (Lipinski definition) is 4. The van der Waals surface area contributed by atoms with E-state index in [1.165, 1.54) is 0 Å². The normalized spacial score (nSPS) is 19.5. The minimum absolute atomic E-state index is 0.379. The highest BCUT2D eigenvalue weighted by Gasteiger charge is 2.52. The highest BCUT2D eigenvalue weighted by Crippen LogP contribution is 2.41. The van der Waals surface area contributed by atoms with Gasteiger partial charge in [0, 0.05) is 5.39 Å². The SMILES string of the molecule is Cc1ccc2c(c1)Oc1ccc(B3OC(C)(C)C(C)(C)O3)c3cnn-2c13. The Morgan fingerprint density at radius 3 is 2.42 bits per heavy atom. The Labute approximate surface area is 153 Å². The van der Waals surface area contributed by atoms with Crippen molar-refractivity contribution in [2.75, 3.05) is 0 Å². The van der Waals surface area contributed by atoms with Crippen LogP contribution in [0.4, 0.5) is 0 Å². The van der Waals surface area contributed by atoms with Crippen LogP contribution >= 0.6 is 0 Å². The van der Waals surface area contributed by atoms with Crippen LogP contribution < -0.4 is 10.2 Å². The molecule has 5 nitrogen and oxygen atoms in total. The molecule has 0 amide bonds. The topological polar surface area (TPSA) is 45.5 Å². The van der Waals surface area contributed by atoms with E-state index in [4.69, 9.17) is 14.0 Å². The van der Waals surface area contributed by atoms with Crippen molar-refractivity contribution in [1.29, 1.82) is 0 Å². The van der Waals surface area contributed by atoms with Crippen LogP contribution in [-0.4, -0.2) is 28.1 Å². The number of aromatic nitrogens is 2. The van der Waals surface area contributed by atoms with Gasteiger partial charge in [0.25, 0.3) is 0 Å². The van der Waals surface area contributed by atoms with E-state index in [9.17, 15) is 0 Å². The molecule has 1 fully saturated rings. The van der Waals surface area contributed by atoms with Gasteiger partial charge in [-0.3, -0.25) is 0 Å². The van der Waals surface area contributed by atoms with E-state index in [0.717, 1.165) is 39.1 Å². The van der Waals surface area contributed by atoms with Gasteiger partial charge in [-0.05, 0) is 63.8 Å². The lowest BCUT2D eigenvalue weighted by Crippen LogP contribution is -2.41. The van der Waals surface area contributed by atoms with Crippen molar-refractivity contribution in [3.8, 4) is 17.2 Å². The van der Waals surface area contributed by atoms with Crippen LogP contribution in [-0.2, 0) is 9.31 Å². The number of rotatable bonds is 1. The minimum atomic E-state index is -0.425. The monoisotopic (exact) mass is 348 g/mol. The standard InChI is InChI=1S/C20H21BN2O3/c1-12-6-8-15-17(10-12)24-16-9-7-14(13-11-22-23(15)18(13)16)21-25-19(2,3)20(4,5)26-21/h6-11H,1-5H3. The fourth-order valence-electron chi connectivity index (χ4n) is 3.57. The summed E-state index contributed by atoms with van der Waals surface area (Å²) in [7, 11) is -0.425. The number of hydrogen-bond donors (Lipinski definition) is 0. The summed E-state index contributed by atoms with van der Waals surface area (Å²) in [5.41, 5.74) is 3.28. The largest absolute Gasteiger partial charge is 0.495 e. The Balaban J connectivity index is 1.67. The van der Waals surface area contributed by atoms with E-state index < -0.39 is 7.12 Å². The van der Waals surface area contributed by atoms with Crippen LogP contribution in [0.3, 0.4) is 0 Å². The summed E-state index contributed by atoms with van der Waals surface area (Å²) in [6.07, 6.45) is 1.87. The number of aryl methyl sites for hydroxylation is 1. The number of benzene rings is 2. The lowest BCUT2D eigenvalue weighted by atomic mass is 9.77. The molecule has 0 saturated carbocycles. The predicted molar refractivity (Wildman–Crippen MR) is 102 cm³/mol. The summed E-state index contributed by atoms with van der Waals surface area (Å²) in [5.74, 6) is 1.63. The molecule has 3 aromatic rings. The molecule has 5 rings (SSSR count). The molecule has 0 radical (unpaired) electrons. The maximum Gasteiger partial charge on any atom is 0.495 e. The molecule has 0 unspecified atom stereocenters. The first kappa shape index (κ1) is 15.9. The van der Waals surface area contributed by atoms with Crippen LogP contribution in [0.15, 0.2) is 36.5 Å². The summed E-state index contributed by atoms with van der Waals surface area (Å²) in [6.45, 7) is 10.3. The van der Waals surface area contributed by atoms with E-state index >= 15 is 0 Å². The average molecular weight is 348 g/mol. The molecule has 0 aliphatic carbocycles. The highest BCUT2D eigenvalue weighted by molar-refractivity contribution is 6.65. The van der Waals surface area contributed by atoms with E-state index in [-0.39, 0.29) is 11.2 Å². The van der Waals surface area contributed by atoms with Gasteiger partial charge in [-0.25, -0.2) is 4.68 Å². The molecular formula is C20H21BN2O3. The van der Waals surface area contributed by atoms with Gasteiger partial charge in [0.15, 0.2) is 11.5 Å². The van der Waals surface area contributed by atoms with E-state index in [2.05, 4.69) is 45.8 Å². The molecule has 132 valence electrons. The van der Waals surface area contributed by atoms with Crippen LogP contribution in [0.2, 0.25) is 0 Å². The first-order chi connectivity index (χ1) is 12.3. The second kappa shape index (κ2) is 4.90. The van der Waals surface area contributed by atoms with Gasteiger partial charge in [0.05, 0.1) is 17.4 Å². The molecule has 26 heavy (non-hydrogen) atoms. The molecule has 3 heterocycles. The highest BCUT2D eigenvalue weighted by atomic mass is 16.7. The molecule has 6 heteroatoms. The predicted octanol–water partition coefficient (Wildman–Crippen LogP) is 3.74. The molecule has 2 aliphatic rings. The number of ether oxygens (including phenoxy) is 1. The van der Waals surface area contributed by atoms with Gasteiger partial charge in [0.2, 0.25) is 0 Å². The molecular weight excluding hydrogens is 327 g/mol. The van der Waals surface area contributed by atoms with Crippen molar-refractivity contribution in [3.63, 3.8) is 0 Å². The second-order valence-electron chi connectivity index (χ2n) is 8.13. The Morgan fingerprint density at radius 1 is 0.962 bits per heavy atom. The van der Waals surface area contributed by atoms with Crippen molar-refractivity contribution in [2.24, 2.45) is 0 Å². The van der Waals surface area contributed by atoms with E-state index in [0.29, 0.717) is 0 Å². The zero-order chi connectivity index (χ0) is 18.3. The maximum atomic E-state index is 6.24. The van der Waals surface area contributed by atoms with E-state index in [1.54, 1.807) is 0 Å². The van der Waals surface area contributed by atoms with Gasteiger partial charge >= 0.3 is 7.12 Å². The second-order valence-corrected chi connectivity index (χ2v) is 8.13. The third kappa shape index (κ3) is 2.03. The summed E-state index contributed by atoms with van der Waals surface area (Å²) >= 11 is 0. The smallest absolute Gasteiger partial charge is 0.453 e. The van der Waals surface area contributed by atoms with Crippen LogP contribution in [0, 0.1) is 6.92 Å². The lowest BCUT2D eigenvalue weighted by molar-refractivity contribution is 0.00578. The average Bonchev–Trinajstić information content (AvgIpc) is 3.08. The van der Waals surface area contributed by atoms with Crippen LogP contribution in [0.1, 0.15) is 33.3 Å². The fraction of sp³-hybridized carbons (Fsp3) is 0.350. The van der Waals surface area contributed by atoms with Crippen molar-refractivity contribution in [2.45, 2.75) is 45.8 Å². The van der Waals surface area contributed by atoms with Crippen molar-refractivity contribution >= 4 is 23.5 Å². The minimum Gasteiger partial charge on any atom is -0.453 e. The molecule has 1 aromatic heterocycles. The van der Waals surface area contributed by atoms with Crippen molar-refractivity contribution in [3.05, 3.63) is 42.1 Å². The molecule has 1 saturated heterocycles. The van der Waals surface area contributed by atoms with Crippen LogP contribution in [0.5, 0.6) is 11.5 Å². The Morgan fingerprint density at radius 2 is 1.69 bits per heavy atom. The first-order valence-corrected chi connectivity index (χ1v) is 8.92. The van der Waals surface area contributed by atoms with Gasteiger partial charge in [-0.1, -0.05) is 12.1 Å². The summed E-state index contributed by atoms with van der Waals surface area (Å²) < 4.78 is 20.6. The maximum absolute atomic E-state index is 6.24. The molecule has 0 spiro atoms. The third-order valence-corrected chi connectivity index (χ3v) is 5.80. The zero-order valence-electron chi connectivity index (χ0n) is 15.7. The van der Waals surface area contributed by atoms with Crippen molar-refractivity contribution < 1.29 is 14.0 Å². The lowest BCUT2D eigenvalue weighted by Gasteiger charge is -2.32. The molecule has 0 N–H and O–H groups in total. The molecule has 2 aromatic carbocycles. The van der Waals surface area contributed by atoms with Crippen molar-refractivity contribution in [1.82, 2.24) is 9.78 Å². The summed E-state index contributed by atoms with van der Waals surface area (Å²) in [4.78, 5) is 0. The summed E-state index contributed by atoms with van der Waals surface area (Å²) in [5, 5.41) is 5.62. The zero-order valence-corrected chi connectivity index (χ0v) is 15.7.